The zero-order valence-electron chi connectivity index (χ0n) is 15.5. The summed E-state index contributed by atoms with van der Waals surface area (Å²) in [6.07, 6.45) is 4.10. The first-order valence-corrected chi connectivity index (χ1v) is 9.49. The lowest BCUT2D eigenvalue weighted by Crippen LogP contribution is -2.40. The van der Waals surface area contributed by atoms with Crippen LogP contribution in [-0.4, -0.2) is 71.5 Å². The Morgan fingerprint density at radius 2 is 2.16 bits per heavy atom. The highest BCUT2D eigenvalue weighted by Crippen LogP contribution is 2.19. The molecule has 3 heterocycles. The molecule has 7 heteroatoms. The van der Waals surface area contributed by atoms with Crippen molar-refractivity contribution in [3.63, 3.8) is 0 Å². The number of nitrogens with one attached hydrogen (secondary N) is 1. The van der Waals surface area contributed by atoms with Crippen molar-refractivity contribution in [2.24, 2.45) is 11.8 Å². The molecule has 25 heavy (non-hydrogen) atoms. The lowest BCUT2D eigenvalue weighted by atomic mass is 10.1. The third-order valence-electron chi connectivity index (χ3n) is 5.00. The molecule has 1 atom stereocenters. The maximum Gasteiger partial charge on any atom is 0.323 e. The van der Waals surface area contributed by atoms with Crippen molar-refractivity contribution in [3.05, 3.63) is 12.3 Å². The molecule has 3 rings (SSSR count). The Labute approximate surface area is 150 Å². The van der Waals surface area contributed by atoms with Crippen LogP contribution in [0.1, 0.15) is 26.7 Å². The van der Waals surface area contributed by atoms with E-state index in [1.54, 1.807) is 0 Å². The molecule has 2 saturated heterocycles. The van der Waals surface area contributed by atoms with Gasteiger partial charge < -0.3 is 9.64 Å². The molecule has 7 nitrogen and oxygen atoms in total. The average Bonchev–Trinajstić information content (AvgIpc) is 3.23. The Kier molecular flexibility index (Phi) is 6.31. The zero-order valence-corrected chi connectivity index (χ0v) is 15.5. The predicted octanol–water partition coefficient (Wildman–Crippen LogP) is 2.12. The van der Waals surface area contributed by atoms with Gasteiger partial charge in [0.1, 0.15) is 0 Å². The van der Waals surface area contributed by atoms with Gasteiger partial charge in [0.2, 0.25) is 0 Å². The highest BCUT2D eigenvalue weighted by molar-refractivity contribution is 5.88. The van der Waals surface area contributed by atoms with Crippen molar-refractivity contribution in [2.45, 2.75) is 33.2 Å². The molecule has 1 aromatic rings. The lowest BCUT2D eigenvalue weighted by molar-refractivity contribution is 0.0314. The highest BCUT2D eigenvalue weighted by Gasteiger charge is 2.28. The van der Waals surface area contributed by atoms with E-state index in [-0.39, 0.29) is 6.03 Å². The van der Waals surface area contributed by atoms with Crippen LogP contribution in [0.4, 0.5) is 10.6 Å². The van der Waals surface area contributed by atoms with Crippen LogP contribution in [0, 0.1) is 11.8 Å². The summed E-state index contributed by atoms with van der Waals surface area (Å²) in [5, 5.41) is 7.38. The van der Waals surface area contributed by atoms with Gasteiger partial charge in [0.15, 0.2) is 5.82 Å². The molecule has 2 aliphatic heterocycles. The number of ether oxygens (including phenoxy) is 1. The number of urea groups is 1. The SMILES string of the molecule is CC(C)CCn1ccc(NC(=O)N2CCC(CN3CCOCC3)C2)n1. The number of aryl methyl sites for hydroxylation is 1. The maximum absolute atomic E-state index is 12.5. The third kappa shape index (κ3) is 5.44. The number of nitrogens with zero attached hydrogens (tertiary/aromatic N) is 4. The van der Waals surface area contributed by atoms with Crippen LogP contribution in [0.2, 0.25) is 0 Å². The molecular weight excluding hydrogens is 318 g/mol. The van der Waals surface area contributed by atoms with Crippen LogP contribution < -0.4 is 5.32 Å². The van der Waals surface area contributed by atoms with Gasteiger partial charge in [0.05, 0.1) is 13.2 Å². The van der Waals surface area contributed by atoms with Gasteiger partial charge >= 0.3 is 6.03 Å². The van der Waals surface area contributed by atoms with E-state index in [1.165, 1.54) is 0 Å². The van der Waals surface area contributed by atoms with Crippen molar-refractivity contribution < 1.29 is 9.53 Å². The molecule has 0 radical (unpaired) electrons. The van der Waals surface area contributed by atoms with Gasteiger partial charge in [-0.05, 0) is 24.7 Å². The second-order valence-electron chi connectivity index (χ2n) is 7.59. The van der Waals surface area contributed by atoms with Gasteiger partial charge in [-0.1, -0.05) is 13.8 Å². The van der Waals surface area contributed by atoms with Gasteiger partial charge in [-0.2, -0.15) is 5.10 Å². The maximum atomic E-state index is 12.5. The van der Waals surface area contributed by atoms with E-state index < -0.39 is 0 Å². The van der Waals surface area contributed by atoms with Crippen LogP contribution in [0.25, 0.3) is 0 Å². The second-order valence-corrected chi connectivity index (χ2v) is 7.59. The van der Waals surface area contributed by atoms with E-state index in [9.17, 15) is 4.79 Å². The van der Waals surface area contributed by atoms with Gasteiger partial charge in [-0.25, -0.2) is 4.79 Å². The monoisotopic (exact) mass is 349 g/mol. The van der Waals surface area contributed by atoms with Crippen LogP contribution in [0.15, 0.2) is 12.3 Å². The molecule has 0 aromatic carbocycles. The van der Waals surface area contributed by atoms with Crippen LogP contribution in [0.5, 0.6) is 0 Å². The molecule has 0 aliphatic carbocycles. The fourth-order valence-corrected chi connectivity index (χ4v) is 3.45. The van der Waals surface area contributed by atoms with Crippen LogP contribution in [-0.2, 0) is 11.3 Å². The molecule has 1 unspecified atom stereocenters. The first-order valence-electron chi connectivity index (χ1n) is 9.49. The number of anilines is 1. The number of carbonyl (C=O) groups is 1. The average molecular weight is 349 g/mol. The van der Waals surface area contributed by atoms with Crippen molar-refractivity contribution >= 4 is 11.8 Å². The quantitative estimate of drug-likeness (QED) is 0.854. The van der Waals surface area contributed by atoms with Gasteiger partial charge in [0.25, 0.3) is 0 Å². The number of rotatable bonds is 6. The molecule has 2 aliphatic rings. The number of carbonyl (C=O) groups excluding carboxylic acids is 1. The fraction of sp³-hybridized carbons (Fsp3) is 0.778. The topological polar surface area (TPSA) is 62.6 Å². The van der Waals surface area contributed by atoms with Gasteiger partial charge in [-0.3, -0.25) is 14.9 Å². The van der Waals surface area contributed by atoms with E-state index in [0.29, 0.717) is 17.7 Å². The molecule has 0 saturated carbocycles. The molecule has 0 spiro atoms. The van der Waals surface area contributed by atoms with Crippen molar-refractivity contribution in [1.82, 2.24) is 19.6 Å². The minimum atomic E-state index is -0.0291. The second kappa shape index (κ2) is 8.67. The minimum Gasteiger partial charge on any atom is -0.379 e. The summed E-state index contributed by atoms with van der Waals surface area (Å²) in [5.74, 6) is 1.85. The van der Waals surface area contributed by atoms with Crippen molar-refractivity contribution in [2.75, 3.05) is 51.3 Å². The van der Waals surface area contributed by atoms with Crippen LogP contribution >= 0.6 is 0 Å². The molecule has 1 aromatic heterocycles. The van der Waals surface area contributed by atoms with E-state index in [4.69, 9.17) is 4.74 Å². The normalized spacial score (nSPS) is 21.9. The smallest absolute Gasteiger partial charge is 0.323 e. The number of likely N-dealkylation sites (tertiary alicyclic amines) is 1. The Morgan fingerprint density at radius 1 is 1.36 bits per heavy atom. The van der Waals surface area contributed by atoms with E-state index in [1.807, 2.05) is 21.8 Å². The Balaban J connectivity index is 1.42. The summed E-state index contributed by atoms with van der Waals surface area (Å²) in [6.45, 7) is 11.7. The summed E-state index contributed by atoms with van der Waals surface area (Å²) >= 11 is 0. The van der Waals surface area contributed by atoms with E-state index >= 15 is 0 Å². The molecular formula is C18H31N5O2. The summed E-state index contributed by atoms with van der Waals surface area (Å²) in [4.78, 5) is 16.8. The van der Waals surface area contributed by atoms with Gasteiger partial charge in [0, 0.05) is 51.5 Å². The molecule has 2 amide bonds. The predicted molar refractivity (Wildman–Crippen MR) is 97.6 cm³/mol. The number of aromatic nitrogens is 2. The van der Waals surface area contributed by atoms with E-state index in [0.717, 1.165) is 65.3 Å². The zero-order chi connectivity index (χ0) is 17.6. The van der Waals surface area contributed by atoms with E-state index in [2.05, 4.69) is 29.2 Å². The molecule has 0 bridgehead atoms. The molecule has 1 N–H and O–H groups in total. The van der Waals surface area contributed by atoms with Gasteiger partial charge in [-0.15, -0.1) is 0 Å². The lowest BCUT2D eigenvalue weighted by Gasteiger charge is -2.29. The number of hydrogen-bond donors (Lipinski definition) is 1. The molecule has 2 fully saturated rings. The fourth-order valence-electron chi connectivity index (χ4n) is 3.45. The summed E-state index contributed by atoms with van der Waals surface area (Å²) in [6, 6.07) is 1.85. The largest absolute Gasteiger partial charge is 0.379 e. The highest BCUT2D eigenvalue weighted by atomic mass is 16.5. The Morgan fingerprint density at radius 3 is 2.92 bits per heavy atom. The third-order valence-corrected chi connectivity index (χ3v) is 5.00. The Bertz CT molecular complexity index is 553. The molecule has 140 valence electrons. The summed E-state index contributed by atoms with van der Waals surface area (Å²) in [5.41, 5.74) is 0. The first kappa shape index (κ1) is 18.2. The first-order chi connectivity index (χ1) is 12.1. The standard InChI is InChI=1S/C18H31N5O2/c1-15(2)3-7-23-8-5-17(20-23)19-18(24)22-6-4-16(14-22)13-21-9-11-25-12-10-21/h5,8,15-16H,3-4,6-7,9-14H2,1-2H3,(H,19,20,24). The van der Waals surface area contributed by atoms with Crippen molar-refractivity contribution in [3.8, 4) is 0 Å². The Hall–Kier alpha value is -1.60. The number of morpholine rings is 1. The van der Waals surface area contributed by atoms with Crippen LogP contribution in [0.3, 0.4) is 0 Å². The number of amides is 2. The minimum absolute atomic E-state index is 0.0291. The summed E-state index contributed by atoms with van der Waals surface area (Å²) in [7, 11) is 0. The number of hydrogen-bond acceptors (Lipinski definition) is 4. The summed E-state index contributed by atoms with van der Waals surface area (Å²) < 4.78 is 7.30. The van der Waals surface area contributed by atoms with Crippen molar-refractivity contribution in [1.29, 1.82) is 0 Å².